The Kier molecular flexibility index (Phi) is 3.17. The highest BCUT2D eigenvalue weighted by molar-refractivity contribution is 6.31. The molecule has 0 aromatic heterocycles. The number of nitrogens with two attached hydrogens (primary N) is 1. The van der Waals surface area contributed by atoms with Crippen molar-refractivity contribution in [2.24, 2.45) is 0 Å². The Balaban J connectivity index is 1.92. The zero-order valence-corrected chi connectivity index (χ0v) is 12.7. The third-order valence-electron chi connectivity index (χ3n) is 4.04. The van der Waals surface area contributed by atoms with Gasteiger partial charge in [-0.1, -0.05) is 42.5 Å². The number of ether oxygens (including phenoxy) is 1. The zero-order chi connectivity index (χ0) is 16.7. The Labute approximate surface area is 138 Å². The van der Waals surface area contributed by atoms with Crippen molar-refractivity contribution in [1.29, 1.82) is 0 Å². The van der Waals surface area contributed by atoms with E-state index in [1.54, 1.807) is 48.5 Å². The molecule has 0 aliphatic heterocycles. The lowest BCUT2D eigenvalue weighted by Gasteiger charge is -2.21. The molecule has 0 saturated heterocycles. The highest BCUT2D eigenvalue weighted by Crippen LogP contribution is 2.38. The monoisotopic (exact) mass is 315 g/mol. The molecule has 0 heterocycles. The van der Waals surface area contributed by atoms with Crippen LogP contribution in [0.15, 0.2) is 66.7 Å². The minimum Gasteiger partial charge on any atom is -0.457 e. The van der Waals surface area contributed by atoms with Crippen molar-refractivity contribution >= 4 is 17.3 Å². The first-order valence-electron chi connectivity index (χ1n) is 7.50. The number of anilines is 1. The number of para-hydroxylation sites is 1. The molecule has 1 aliphatic rings. The Morgan fingerprint density at radius 1 is 0.667 bits per heavy atom. The largest absolute Gasteiger partial charge is 0.457 e. The fourth-order valence-corrected chi connectivity index (χ4v) is 2.92. The van der Waals surface area contributed by atoms with Gasteiger partial charge in [0.2, 0.25) is 0 Å². The van der Waals surface area contributed by atoms with Gasteiger partial charge in [0.1, 0.15) is 11.5 Å². The maximum atomic E-state index is 12.9. The average Bonchev–Trinajstić information content (AvgIpc) is 2.62. The van der Waals surface area contributed by atoms with Crippen LogP contribution in [-0.4, -0.2) is 11.6 Å². The summed E-state index contributed by atoms with van der Waals surface area (Å²) in [5, 5.41) is 0. The smallest absolute Gasteiger partial charge is 0.198 e. The van der Waals surface area contributed by atoms with E-state index in [2.05, 4.69) is 0 Å². The third-order valence-corrected chi connectivity index (χ3v) is 4.04. The van der Waals surface area contributed by atoms with Gasteiger partial charge in [-0.05, 0) is 24.3 Å². The van der Waals surface area contributed by atoms with Crippen LogP contribution in [-0.2, 0) is 0 Å². The van der Waals surface area contributed by atoms with E-state index in [4.69, 9.17) is 10.5 Å². The van der Waals surface area contributed by atoms with Crippen molar-refractivity contribution in [2.45, 2.75) is 0 Å². The summed E-state index contributed by atoms with van der Waals surface area (Å²) < 4.78 is 5.84. The lowest BCUT2D eigenvalue weighted by atomic mass is 9.83. The number of carbonyl (C=O) groups excluding carboxylic acids is 2. The van der Waals surface area contributed by atoms with Gasteiger partial charge >= 0.3 is 0 Å². The number of rotatable bonds is 2. The van der Waals surface area contributed by atoms with Gasteiger partial charge in [0.25, 0.3) is 0 Å². The van der Waals surface area contributed by atoms with Gasteiger partial charge in [-0.3, -0.25) is 9.59 Å². The van der Waals surface area contributed by atoms with Crippen LogP contribution in [0.1, 0.15) is 31.8 Å². The molecule has 3 aromatic carbocycles. The molecule has 4 rings (SSSR count). The van der Waals surface area contributed by atoms with Crippen LogP contribution < -0.4 is 10.5 Å². The highest BCUT2D eigenvalue weighted by atomic mass is 16.5. The zero-order valence-electron chi connectivity index (χ0n) is 12.7. The molecular weight excluding hydrogens is 302 g/mol. The minimum atomic E-state index is -0.254. The van der Waals surface area contributed by atoms with E-state index >= 15 is 0 Å². The molecule has 4 heteroatoms. The van der Waals surface area contributed by atoms with E-state index in [1.807, 2.05) is 18.2 Å². The summed E-state index contributed by atoms with van der Waals surface area (Å²) in [5.74, 6) is 0.413. The standard InChI is InChI=1S/C20H13NO3/c21-15-10-11-16(24-12-6-2-1-3-7-12)18-17(15)19(22)13-8-4-5-9-14(13)20(18)23/h1-11H,21H2. The average molecular weight is 315 g/mol. The molecule has 3 aromatic rings. The predicted molar refractivity (Wildman–Crippen MR) is 90.7 cm³/mol. The Hall–Kier alpha value is -3.40. The van der Waals surface area contributed by atoms with Gasteiger partial charge in [0.15, 0.2) is 11.6 Å². The van der Waals surface area contributed by atoms with Crippen molar-refractivity contribution in [1.82, 2.24) is 0 Å². The first-order valence-corrected chi connectivity index (χ1v) is 7.50. The van der Waals surface area contributed by atoms with Crippen molar-refractivity contribution < 1.29 is 14.3 Å². The van der Waals surface area contributed by atoms with Crippen LogP contribution in [0.3, 0.4) is 0 Å². The van der Waals surface area contributed by atoms with Crippen LogP contribution >= 0.6 is 0 Å². The normalized spacial score (nSPS) is 12.5. The second-order valence-electron chi connectivity index (χ2n) is 5.52. The first kappa shape index (κ1) is 14.2. The third kappa shape index (κ3) is 2.08. The lowest BCUT2D eigenvalue weighted by Crippen LogP contribution is -2.23. The van der Waals surface area contributed by atoms with Crippen LogP contribution in [0.5, 0.6) is 11.5 Å². The fourth-order valence-electron chi connectivity index (χ4n) is 2.92. The maximum absolute atomic E-state index is 12.9. The Morgan fingerprint density at radius 3 is 1.92 bits per heavy atom. The van der Waals surface area contributed by atoms with Gasteiger partial charge in [-0.15, -0.1) is 0 Å². The molecule has 24 heavy (non-hydrogen) atoms. The maximum Gasteiger partial charge on any atom is 0.198 e. The van der Waals surface area contributed by atoms with Crippen LogP contribution in [0.25, 0.3) is 0 Å². The van der Waals surface area contributed by atoms with Gasteiger partial charge in [-0.25, -0.2) is 0 Å². The number of nitrogen functional groups attached to an aromatic ring is 1. The number of benzene rings is 3. The van der Waals surface area contributed by atoms with Crippen molar-refractivity contribution in [3.63, 3.8) is 0 Å². The molecule has 0 spiro atoms. The SMILES string of the molecule is Nc1ccc(Oc2ccccc2)c2c1C(=O)c1ccccc1C2=O. The lowest BCUT2D eigenvalue weighted by molar-refractivity contribution is 0.0977. The summed E-state index contributed by atoms with van der Waals surface area (Å²) in [4.78, 5) is 25.7. The number of carbonyl (C=O) groups is 2. The van der Waals surface area contributed by atoms with Crippen LogP contribution in [0.4, 0.5) is 5.69 Å². The molecule has 0 bridgehead atoms. The van der Waals surface area contributed by atoms with E-state index < -0.39 is 0 Å². The molecule has 116 valence electrons. The topological polar surface area (TPSA) is 69.4 Å². The van der Waals surface area contributed by atoms with Crippen LogP contribution in [0.2, 0.25) is 0 Å². The second-order valence-corrected chi connectivity index (χ2v) is 5.52. The summed E-state index contributed by atoms with van der Waals surface area (Å²) >= 11 is 0. The molecule has 4 nitrogen and oxygen atoms in total. The molecule has 0 unspecified atom stereocenters. The van der Waals surface area contributed by atoms with E-state index in [1.165, 1.54) is 0 Å². The summed E-state index contributed by atoms with van der Waals surface area (Å²) in [7, 11) is 0. The molecular formula is C20H13NO3. The van der Waals surface area contributed by atoms with Gasteiger partial charge in [0, 0.05) is 16.8 Å². The molecule has 0 radical (unpaired) electrons. The van der Waals surface area contributed by atoms with E-state index in [9.17, 15) is 9.59 Å². The molecule has 0 atom stereocenters. The van der Waals surface area contributed by atoms with Crippen molar-refractivity contribution in [3.8, 4) is 11.5 Å². The predicted octanol–water partition coefficient (Wildman–Crippen LogP) is 3.84. The van der Waals surface area contributed by atoms with Crippen molar-refractivity contribution in [2.75, 3.05) is 5.73 Å². The van der Waals surface area contributed by atoms with E-state index in [-0.39, 0.29) is 28.4 Å². The van der Waals surface area contributed by atoms with Crippen molar-refractivity contribution in [3.05, 3.63) is 89.0 Å². The summed E-state index contributed by atoms with van der Waals surface area (Å²) in [5.41, 5.74) is 7.45. The number of hydrogen-bond acceptors (Lipinski definition) is 4. The van der Waals surface area contributed by atoms with Gasteiger partial charge < -0.3 is 10.5 Å². The summed E-state index contributed by atoms with van der Waals surface area (Å²) in [6.45, 7) is 0. The Morgan fingerprint density at radius 2 is 1.25 bits per heavy atom. The quantitative estimate of drug-likeness (QED) is 0.571. The Bertz CT molecular complexity index is 977. The highest BCUT2D eigenvalue weighted by Gasteiger charge is 2.34. The second kappa shape index (κ2) is 5.35. The number of ketones is 2. The fraction of sp³-hybridized carbons (Fsp3) is 0. The number of hydrogen-bond donors (Lipinski definition) is 1. The minimum absolute atomic E-state index is 0.215. The van der Waals surface area contributed by atoms with Gasteiger partial charge in [-0.2, -0.15) is 0 Å². The molecule has 1 aliphatic carbocycles. The van der Waals surface area contributed by atoms with Gasteiger partial charge in [0.05, 0.1) is 11.1 Å². The first-order chi connectivity index (χ1) is 11.7. The number of fused-ring (bicyclic) bond motifs is 2. The molecule has 0 fully saturated rings. The molecule has 2 N–H and O–H groups in total. The molecule has 0 amide bonds. The van der Waals surface area contributed by atoms with Crippen LogP contribution in [0, 0.1) is 0 Å². The summed E-state index contributed by atoms with van der Waals surface area (Å²) in [6, 6.07) is 19.1. The van der Waals surface area contributed by atoms with E-state index in [0.717, 1.165) is 0 Å². The van der Waals surface area contributed by atoms with E-state index in [0.29, 0.717) is 22.6 Å². The molecule has 0 saturated carbocycles. The summed E-state index contributed by atoms with van der Waals surface area (Å²) in [6.07, 6.45) is 0.